The lowest BCUT2D eigenvalue weighted by Crippen LogP contribution is -2.45. The molecule has 0 heterocycles. The van der Waals surface area contributed by atoms with Crippen LogP contribution in [0.1, 0.15) is 25.8 Å². The summed E-state index contributed by atoms with van der Waals surface area (Å²) in [7, 11) is 0. The minimum Gasteiger partial charge on any atom is -0.481 e. The Balaban J connectivity index is 2.82. The molecule has 5 heteroatoms. The quantitative estimate of drug-likeness (QED) is 0.736. The monoisotopic (exact) mass is 250 g/mol. The second kappa shape index (κ2) is 5.64. The fraction of sp³-hybridized carbons (Fsp3) is 0.385. The molecule has 0 bridgehead atoms. The lowest BCUT2D eigenvalue weighted by Gasteiger charge is -2.19. The Morgan fingerprint density at radius 2 is 1.94 bits per heavy atom. The molecule has 0 saturated heterocycles. The van der Waals surface area contributed by atoms with Gasteiger partial charge in [0, 0.05) is 12.1 Å². The zero-order chi connectivity index (χ0) is 13.8. The number of hydrogen-bond acceptors (Lipinski definition) is 3. The fourth-order valence-electron chi connectivity index (χ4n) is 1.39. The van der Waals surface area contributed by atoms with Crippen molar-refractivity contribution in [2.45, 2.75) is 32.2 Å². The first-order valence-electron chi connectivity index (χ1n) is 5.70. The molecule has 98 valence electrons. The Labute approximate surface area is 106 Å². The molecule has 1 amide bonds. The van der Waals surface area contributed by atoms with Gasteiger partial charge in [0.2, 0.25) is 5.91 Å². The first-order chi connectivity index (χ1) is 8.30. The number of rotatable bonds is 5. The van der Waals surface area contributed by atoms with Gasteiger partial charge in [-0.2, -0.15) is 0 Å². The van der Waals surface area contributed by atoms with E-state index >= 15 is 0 Å². The predicted octanol–water partition coefficient (Wildman–Crippen LogP) is 1.38. The third-order valence-corrected chi connectivity index (χ3v) is 2.46. The van der Waals surface area contributed by atoms with Crippen molar-refractivity contribution < 1.29 is 14.7 Å². The second-order valence-electron chi connectivity index (χ2n) is 4.73. The Hall–Kier alpha value is -1.88. The number of carboxylic acids is 1. The molecule has 1 aromatic carbocycles. The number of aliphatic carboxylic acids is 1. The lowest BCUT2D eigenvalue weighted by molar-refractivity contribution is -0.136. The van der Waals surface area contributed by atoms with E-state index in [2.05, 4.69) is 5.32 Å². The van der Waals surface area contributed by atoms with Crippen LogP contribution in [0.5, 0.6) is 0 Å². The predicted molar refractivity (Wildman–Crippen MR) is 69.3 cm³/mol. The van der Waals surface area contributed by atoms with E-state index in [0.29, 0.717) is 12.1 Å². The Morgan fingerprint density at radius 1 is 1.33 bits per heavy atom. The number of benzene rings is 1. The molecule has 5 nitrogen and oxygen atoms in total. The van der Waals surface area contributed by atoms with Gasteiger partial charge in [0.1, 0.15) is 0 Å². The van der Waals surface area contributed by atoms with Gasteiger partial charge in [0.15, 0.2) is 0 Å². The van der Waals surface area contributed by atoms with E-state index in [1.165, 1.54) is 0 Å². The summed E-state index contributed by atoms with van der Waals surface area (Å²) in [6, 6.07) is 7.12. The molecular weight excluding hydrogens is 232 g/mol. The molecule has 18 heavy (non-hydrogen) atoms. The SMILES string of the molecule is CC(C)(N)C(=O)Nc1ccccc1CCC(=O)O. The van der Waals surface area contributed by atoms with Crippen LogP contribution < -0.4 is 11.1 Å². The number of carbonyl (C=O) groups is 2. The van der Waals surface area contributed by atoms with Crippen LogP contribution in [0.4, 0.5) is 5.69 Å². The maximum atomic E-state index is 11.8. The van der Waals surface area contributed by atoms with Crippen molar-refractivity contribution >= 4 is 17.6 Å². The standard InChI is InChI=1S/C13H18N2O3/c1-13(2,14)12(18)15-10-6-4-3-5-9(10)7-8-11(16)17/h3-6H,7-8,14H2,1-2H3,(H,15,18)(H,16,17). The number of nitrogens with one attached hydrogen (secondary N) is 1. The Morgan fingerprint density at radius 3 is 2.50 bits per heavy atom. The molecule has 0 unspecified atom stereocenters. The summed E-state index contributed by atoms with van der Waals surface area (Å²) >= 11 is 0. The van der Waals surface area contributed by atoms with E-state index in [0.717, 1.165) is 5.56 Å². The van der Waals surface area contributed by atoms with Gasteiger partial charge in [-0.25, -0.2) is 0 Å². The van der Waals surface area contributed by atoms with Crippen molar-refractivity contribution in [3.63, 3.8) is 0 Å². The molecule has 4 N–H and O–H groups in total. The first kappa shape index (κ1) is 14.2. The zero-order valence-corrected chi connectivity index (χ0v) is 10.6. The normalized spacial score (nSPS) is 11.1. The summed E-state index contributed by atoms with van der Waals surface area (Å²) < 4.78 is 0. The van der Waals surface area contributed by atoms with Crippen LogP contribution in [0.3, 0.4) is 0 Å². The fourth-order valence-corrected chi connectivity index (χ4v) is 1.39. The summed E-state index contributed by atoms with van der Waals surface area (Å²) in [5.41, 5.74) is 6.12. The van der Waals surface area contributed by atoms with Crippen LogP contribution in [-0.4, -0.2) is 22.5 Å². The summed E-state index contributed by atoms with van der Waals surface area (Å²) in [4.78, 5) is 22.3. The van der Waals surface area contributed by atoms with Crippen LogP contribution in [0, 0.1) is 0 Å². The zero-order valence-electron chi connectivity index (χ0n) is 10.6. The molecular formula is C13H18N2O3. The number of amides is 1. The largest absolute Gasteiger partial charge is 0.481 e. The number of para-hydroxylation sites is 1. The summed E-state index contributed by atoms with van der Waals surface area (Å²) in [6.45, 7) is 3.23. The highest BCUT2D eigenvalue weighted by Crippen LogP contribution is 2.18. The second-order valence-corrected chi connectivity index (χ2v) is 4.73. The van der Waals surface area contributed by atoms with Gasteiger partial charge in [-0.1, -0.05) is 18.2 Å². The minimum atomic E-state index is -0.972. The number of hydrogen-bond donors (Lipinski definition) is 3. The van der Waals surface area contributed by atoms with Crippen LogP contribution in [0.2, 0.25) is 0 Å². The average molecular weight is 250 g/mol. The van der Waals surface area contributed by atoms with Gasteiger partial charge in [-0.05, 0) is 31.9 Å². The highest BCUT2D eigenvalue weighted by molar-refractivity contribution is 5.97. The number of anilines is 1. The smallest absolute Gasteiger partial charge is 0.303 e. The molecule has 0 saturated carbocycles. The van der Waals surface area contributed by atoms with Gasteiger partial charge in [-0.15, -0.1) is 0 Å². The van der Waals surface area contributed by atoms with E-state index in [-0.39, 0.29) is 12.3 Å². The topological polar surface area (TPSA) is 92.4 Å². The molecule has 0 spiro atoms. The molecule has 0 atom stereocenters. The Kier molecular flexibility index (Phi) is 4.44. The molecule has 0 fully saturated rings. The van der Waals surface area contributed by atoms with Gasteiger partial charge in [0.05, 0.1) is 5.54 Å². The number of aryl methyl sites for hydroxylation is 1. The maximum absolute atomic E-state index is 11.8. The Bertz CT molecular complexity index is 450. The van der Waals surface area contributed by atoms with Crippen molar-refractivity contribution in [2.75, 3.05) is 5.32 Å². The van der Waals surface area contributed by atoms with E-state index in [1.54, 1.807) is 38.1 Å². The third-order valence-electron chi connectivity index (χ3n) is 2.46. The van der Waals surface area contributed by atoms with Crippen molar-refractivity contribution in [3.8, 4) is 0 Å². The number of carboxylic acid groups (broad SMARTS) is 1. The highest BCUT2D eigenvalue weighted by atomic mass is 16.4. The number of nitrogens with two attached hydrogens (primary N) is 1. The third kappa shape index (κ3) is 4.18. The summed E-state index contributed by atoms with van der Waals surface area (Å²) in [5, 5.41) is 11.4. The van der Waals surface area contributed by atoms with E-state index in [4.69, 9.17) is 10.8 Å². The highest BCUT2D eigenvalue weighted by Gasteiger charge is 2.22. The van der Waals surface area contributed by atoms with Crippen LogP contribution in [0.15, 0.2) is 24.3 Å². The van der Waals surface area contributed by atoms with E-state index < -0.39 is 11.5 Å². The average Bonchev–Trinajstić information content (AvgIpc) is 2.26. The van der Waals surface area contributed by atoms with Crippen LogP contribution in [0.25, 0.3) is 0 Å². The summed E-state index contributed by atoms with van der Waals surface area (Å²) in [6.07, 6.45) is 0.399. The molecule has 0 aliphatic carbocycles. The van der Waals surface area contributed by atoms with Gasteiger partial charge < -0.3 is 16.2 Å². The van der Waals surface area contributed by atoms with Gasteiger partial charge in [0.25, 0.3) is 0 Å². The molecule has 1 rings (SSSR count). The van der Waals surface area contributed by atoms with Gasteiger partial charge in [-0.3, -0.25) is 9.59 Å². The van der Waals surface area contributed by atoms with Gasteiger partial charge >= 0.3 is 5.97 Å². The minimum absolute atomic E-state index is 0.0267. The van der Waals surface area contributed by atoms with Crippen molar-refractivity contribution in [1.82, 2.24) is 0 Å². The van der Waals surface area contributed by atoms with Crippen molar-refractivity contribution in [1.29, 1.82) is 0 Å². The maximum Gasteiger partial charge on any atom is 0.303 e. The molecule has 0 aliphatic heterocycles. The molecule has 1 aromatic rings. The summed E-state index contributed by atoms with van der Waals surface area (Å²) in [5.74, 6) is -1.17. The molecule has 0 aliphatic rings. The van der Waals surface area contributed by atoms with Crippen LogP contribution in [-0.2, 0) is 16.0 Å². The number of carbonyl (C=O) groups excluding carboxylic acids is 1. The van der Waals surface area contributed by atoms with Crippen LogP contribution >= 0.6 is 0 Å². The van der Waals surface area contributed by atoms with Crippen molar-refractivity contribution in [2.24, 2.45) is 5.73 Å². The first-order valence-corrected chi connectivity index (χ1v) is 5.70. The van der Waals surface area contributed by atoms with E-state index in [1.807, 2.05) is 0 Å². The lowest BCUT2D eigenvalue weighted by atomic mass is 10.0. The van der Waals surface area contributed by atoms with Crippen molar-refractivity contribution in [3.05, 3.63) is 29.8 Å². The molecule has 0 aromatic heterocycles. The van der Waals surface area contributed by atoms with E-state index in [9.17, 15) is 9.59 Å². The molecule has 0 radical (unpaired) electrons.